The largest absolute Gasteiger partial charge is 0.481 e. The maximum absolute atomic E-state index is 11.0. The second kappa shape index (κ2) is 14.3. The van der Waals surface area contributed by atoms with E-state index in [9.17, 15) is 9.59 Å². The van der Waals surface area contributed by atoms with E-state index in [-0.39, 0.29) is 35.4 Å². The summed E-state index contributed by atoms with van der Waals surface area (Å²) in [5.41, 5.74) is 0. The van der Waals surface area contributed by atoms with Crippen molar-refractivity contribution in [3.05, 3.63) is 0 Å². The van der Waals surface area contributed by atoms with Crippen molar-refractivity contribution in [2.45, 2.75) is 78.6 Å². The molecule has 0 saturated carbocycles. The van der Waals surface area contributed by atoms with Gasteiger partial charge in [0.1, 0.15) is 0 Å². The Morgan fingerprint density at radius 2 is 1.32 bits per heavy atom. The van der Waals surface area contributed by atoms with Crippen molar-refractivity contribution >= 4 is 35.0 Å². The first-order valence-corrected chi connectivity index (χ1v) is 8.35. The first-order chi connectivity index (χ1) is 9.90. The summed E-state index contributed by atoms with van der Waals surface area (Å²) in [6.45, 7) is 6.30. The van der Waals surface area contributed by atoms with E-state index in [0.29, 0.717) is 5.92 Å². The molecule has 1 atom stereocenters. The lowest BCUT2D eigenvalue weighted by molar-refractivity contribution is -0.155. The van der Waals surface area contributed by atoms with E-state index < -0.39 is 17.9 Å². The van der Waals surface area contributed by atoms with Crippen LogP contribution in [0.15, 0.2) is 0 Å². The third-order valence-corrected chi connectivity index (χ3v) is 4.26. The summed E-state index contributed by atoms with van der Waals surface area (Å²) in [5, 5.41) is 18.0. The Morgan fingerprint density at radius 3 is 1.73 bits per heavy atom. The molecule has 0 bridgehead atoms. The highest BCUT2D eigenvalue weighted by atomic mass is 24.3. The highest BCUT2D eigenvalue weighted by molar-refractivity contribution is 5.92. The van der Waals surface area contributed by atoms with E-state index in [0.717, 1.165) is 19.3 Å². The number of carbonyl (C=O) groups is 2. The van der Waals surface area contributed by atoms with Crippen LogP contribution in [0.4, 0.5) is 0 Å². The molecule has 0 radical (unpaired) electrons. The van der Waals surface area contributed by atoms with Gasteiger partial charge >= 0.3 is 35.0 Å². The topological polar surface area (TPSA) is 74.6 Å². The van der Waals surface area contributed by atoms with Crippen LogP contribution in [-0.4, -0.2) is 45.2 Å². The molecule has 5 heteroatoms. The number of hydrogen-bond donors (Lipinski definition) is 2. The van der Waals surface area contributed by atoms with Crippen LogP contribution in [0.2, 0.25) is 0 Å². The Hall–Kier alpha value is -0.294. The summed E-state index contributed by atoms with van der Waals surface area (Å²) >= 11 is 0. The molecule has 0 rings (SSSR count). The minimum absolute atomic E-state index is 0. The number of carboxylic acid groups (broad SMARTS) is 2. The summed E-state index contributed by atoms with van der Waals surface area (Å²) in [5.74, 6) is -3.19. The lowest BCUT2D eigenvalue weighted by Crippen LogP contribution is -2.27. The van der Waals surface area contributed by atoms with Crippen LogP contribution in [-0.2, 0) is 9.59 Å². The third kappa shape index (κ3) is 11.3. The summed E-state index contributed by atoms with van der Waals surface area (Å²) in [6, 6.07) is 0. The maximum Gasteiger partial charge on any atom is 0.317 e. The molecule has 0 fully saturated rings. The fourth-order valence-corrected chi connectivity index (χ4v) is 2.70. The van der Waals surface area contributed by atoms with Gasteiger partial charge < -0.3 is 10.2 Å². The Morgan fingerprint density at radius 1 is 0.864 bits per heavy atom. The average molecular weight is 327 g/mol. The highest BCUT2D eigenvalue weighted by Crippen LogP contribution is 2.27. The molecule has 2 N–H and O–H groups in total. The molecule has 0 heterocycles. The van der Waals surface area contributed by atoms with Gasteiger partial charge in [-0.1, -0.05) is 72.1 Å². The van der Waals surface area contributed by atoms with Gasteiger partial charge in [0, 0.05) is 0 Å². The van der Waals surface area contributed by atoms with Crippen molar-refractivity contribution in [2.24, 2.45) is 17.8 Å². The Bertz CT molecular complexity index is 291. The van der Waals surface area contributed by atoms with Crippen LogP contribution in [0.25, 0.3) is 0 Å². The van der Waals surface area contributed by atoms with Gasteiger partial charge in [0.25, 0.3) is 0 Å². The molecule has 0 aromatic carbocycles. The fourth-order valence-electron chi connectivity index (χ4n) is 2.70. The Labute approximate surface area is 151 Å². The minimum atomic E-state index is -1.26. The zero-order valence-electron chi connectivity index (χ0n) is 13.8. The second-order valence-corrected chi connectivity index (χ2v) is 6.38. The minimum Gasteiger partial charge on any atom is -0.481 e. The van der Waals surface area contributed by atoms with Crippen LogP contribution >= 0.6 is 0 Å². The van der Waals surface area contributed by atoms with Gasteiger partial charge in [-0.05, 0) is 18.3 Å². The zero-order chi connectivity index (χ0) is 16.3. The standard InChI is InChI=1S/C17H32O4.Mg.2H/c1-4-5-6-7-8-9-10-11-14(13(2)3)12-15(16(18)19)17(20)21;;;/h13-15H,4-12H2,1-3H3,(H,18,19)(H,20,21);;;. The van der Waals surface area contributed by atoms with Gasteiger partial charge in [-0.2, -0.15) is 0 Å². The molecule has 0 aliphatic rings. The number of carboxylic acids is 2. The second-order valence-electron chi connectivity index (χ2n) is 6.38. The average Bonchev–Trinajstić information content (AvgIpc) is 2.39. The predicted molar refractivity (Wildman–Crippen MR) is 92.9 cm³/mol. The first-order valence-electron chi connectivity index (χ1n) is 8.35. The van der Waals surface area contributed by atoms with Crippen LogP contribution in [0.1, 0.15) is 78.6 Å². The van der Waals surface area contributed by atoms with Gasteiger partial charge in [0.15, 0.2) is 5.92 Å². The monoisotopic (exact) mass is 326 g/mol. The van der Waals surface area contributed by atoms with Crippen molar-refractivity contribution in [3.8, 4) is 0 Å². The Balaban J connectivity index is 0. The van der Waals surface area contributed by atoms with Gasteiger partial charge in [0.2, 0.25) is 0 Å². The molecular formula is C17H34MgO4. The third-order valence-electron chi connectivity index (χ3n) is 4.26. The van der Waals surface area contributed by atoms with Crippen molar-refractivity contribution in [1.82, 2.24) is 0 Å². The summed E-state index contributed by atoms with van der Waals surface area (Å²) in [7, 11) is 0. The summed E-state index contributed by atoms with van der Waals surface area (Å²) in [4.78, 5) is 22.0. The van der Waals surface area contributed by atoms with Crippen LogP contribution < -0.4 is 0 Å². The van der Waals surface area contributed by atoms with Crippen LogP contribution in [0.3, 0.4) is 0 Å². The van der Waals surface area contributed by atoms with E-state index in [1.807, 2.05) is 13.8 Å². The molecule has 0 amide bonds. The van der Waals surface area contributed by atoms with E-state index >= 15 is 0 Å². The van der Waals surface area contributed by atoms with Gasteiger partial charge in [0.05, 0.1) is 0 Å². The smallest absolute Gasteiger partial charge is 0.317 e. The van der Waals surface area contributed by atoms with Crippen molar-refractivity contribution < 1.29 is 19.8 Å². The van der Waals surface area contributed by atoms with Gasteiger partial charge in [-0.25, -0.2) is 0 Å². The highest BCUT2D eigenvalue weighted by Gasteiger charge is 2.30. The normalized spacial score (nSPS) is 12.2. The van der Waals surface area contributed by atoms with Crippen molar-refractivity contribution in [2.75, 3.05) is 0 Å². The molecule has 1 unspecified atom stereocenters. The van der Waals surface area contributed by atoms with Crippen LogP contribution in [0.5, 0.6) is 0 Å². The van der Waals surface area contributed by atoms with Crippen molar-refractivity contribution in [1.29, 1.82) is 0 Å². The summed E-state index contributed by atoms with van der Waals surface area (Å²) < 4.78 is 0. The molecule has 22 heavy (non-hydrogen) atoms. The van der Waals surface area contributed by atoms with E-state index in [1.54, 1.807) is 0 Å². The van der Waals surface area contributed by atoms with E-state index in [4.69, 9.17) is 10.2 Å². The van der Waals surface area contributed by atoms with Gasteiger partial charge in [-0.15, -0.1) is 0 Å². The molecule has 0 aliphatic carbocycles. The SMILES string of the molecule is CCCCCCCCCC(CC(C(=O)O)C(=O)O)C(C)C.[MgH2]. The lowest BCUT2D eigenvalue weighted by atomic mass is 9.82. The van der Waals surface area contributed by atoms with E-state index in [2.05, 4.69) is 6.92 Å². The molecule has 0 aromatic rings. The van der Waals surface area contributed by atoms with Crippen molar-refractivity contribution in [3.63, 3.8) is 0 Å². The molecule has 4 nitrogen and oxygen atoms in total. The zero-order valence-corrected chi connectivity index (χ0v) is 13.8. The molecular weight excluding hydrogens is 292 g/mol. The first kappa shape index (κ1) is 24.0. The Kier molecular flexibility index (Phi) is 15.6. The summed E-state index contributed by atoms with van der Waals surface area (Å²) in [6.07, 6.45) is 9.76. The molecule has 128 valence electrons. The lowest BCUT2D eigenvalue weighted by Gasteiger charge is -2.22. The van der Waals surface area contributed by atoms with Gasteiger partial charge in [-0.3, -0.25) is 9.59 Å². The molecule has 0 aromatic heterocycles. The molecule has 0 spiro atoms. The maximum atomic E-state index is 11.0. The predicted octanol–water partition coefficient (Wildman–Crippen LogP) is 3.66. The van der Waals surface area contributed by atoms with E-state index in [1.165, 1.54) is 32.1 Å². The quantitative estimate of drug-likeness (QED) is 0.308. The number of hydrogen-bond acceptors (Lipinski definition) is 2. The number of rotatable bonds is 13. The number of aliphatic carboxylic acids is 2. The fraction of sp³-hybridized carbons (Fsp3) is 0.882. The molecule has 0 saturated heterocycles. The number of unbranched alkanes of at least 4 members (excludes halogenated alkanes) is 6. The molecule has 0 aliphatic heterocycles. The van der Waals surface area contributed by atoms with Crippen LogP contribution in [0, 0.1) is 17.8 Å².